The number of benzene rings is 2. The normalized spacial score (nSPS) is 18.9. The Kier molecular flexibility index (Phi) is 10.4. The van der Waals surface area contributed by atoms with Gasteiger partial charge in [-0.25, -0.2) is 4.79 Å². The molecule has 1 fully saturated rings. The molecule has 10 nitrogen and oxygen atoms in total. The zero-order valence-corrected chi connectivity index (χ0v) is 27.9. The Labute approximate surface area is 272 Å². The zero-order chi connectivity index (χ0) is 32.8. The van der Waals surface area contributed by atoms with Crippen LogP contribution in [0.5, 0.6) is 5.75 Å². The number of methoxy groups -OCH3 is 2. The summed E-state index contributed by atoms with van der Waals surface area (Å²) in [5, 5.41) is 1.01. The van der Waals surface area contributed by atoms with Crippen molar-refractivity contribution in [1.82, 2.24) is 14.8 Å². The van der Waals surface area contributed by atoms with Gasteiger partial charge in [0.15, 0.2) is 0 Å². The highest BCUT2D eigenvalue weighted by Gasteiger charge is 2.48. The summed E-state index contributed by atoms with van der Waals surface area (Å²) in [6.07, 6.45) is 2.46. The number of esters is 1. The maximum absolute atomic E-state index is 14.2. The van der Waals surface area contributed by atoms with Gasteiger partial charge < -0.3 is 33.9 Å². The second-order valence-corrected chi connectivity index (χ2v) is 12.7. The Balaban J connectivity index is 1.55. The first-order chi connectivity index (χ1) is 22.2. The number of carbonyl (C=O) groups excluding carboxylic acids is 3. The third-order valence-electron chi connectivity index (χ3n) is 9.30. The molecule has 0 saturated carbocycles. The van der Waals surface area contributed by atoms with Crippen LogP contribution in [0.1, 0.15) is 63.3 Å². The summed E-state index contributed by atoms with van der Waals surface area (Å²) in [6, 6.07) is 14.0. The molecule has 5 rings (SSSR count). The molecule has 0 radical (unpaired) electrons. The van der Waals surface area contributed by atoms with Crippen LogP contribution in [0.4, 0.5) is 10.5 Å². The lowest BCUT2D eigenvalue weighted by atomic mass is 9.71. The number of amides is 2. The number of anilines is 1. The fourth-order valence-corrected chi connectivity index (χ4v) is 6.99. The maximum atomic E-state index is 14.2. The molecule has 1 N–H and O–H groups in total. The molecule has 2 amide bonds. The van der Waals surface area contributed by atoms with E-state index in [1.165, 1.54) is 7.11 Å². The van der Waals surface area contributed by atoms with E-state index in [1.54, 1.807) is 12.0 Å². The first-order valence-corrected chi connectivity index (χ1v) is 16.5. The molecule has 1 aromatic heterocycles. The van der Waals surface area contributed by atoms with Crippen molar-refractivity contribution < 1.29 is 28.6 Å². The van der Waals surface area contributed by atoms with Crippen molar-refractivity contribution >= 4 is 34.6 Å². The lowest BCUT2D eigenvalue weighted by Crippen LogP contribution is -2.49. The quantitative estimate of drug-likeness (QED) is 0.327. The second-order valence-electron chi connectivity index (χ2n) is 12.7. The first kappa shape index (κ1) is 33.2. The monoisotopic (exact) mass is 632 g/mol. The van der Waals surface area contributed by atoms with Crippen LogP contribution in [-0.4, -0.2) is 92.8 Å². The molecule has 0 bridgehead atoms. The van der Waals surface area contributed by atoms with E-state index in [4.69, 9.17) is 14.2 Å². The number of aromatic amines is 1. The maximum Gasteiger partial charge on any atom is 0.409 e. The van der Waals surface area contributed by atoms with Crippen molar-refractivity contribution in [1.29, 1.82) is 0 Å². The van der Waals surface area contributed by atoms with E-state index in [0.717, 1.165) is 34.3 Å². The Hall–Kier alpha value is -4.21. The minimum Gasteiger partial charge on any atom is -0.496 e. The fourth-order valence-electron chi connectivity index (χ4n) is 6.99. The number of fused-ring (bicyclic) bond motifs is 3. The van der Waals surface area contributed by atoms with Crippen LogP contribution in [-0.2, 0) is 30.9 Å². The highest BCUT2D eigenvalue weighted by atomic mass is 16.6. The van der Waals surface area contributed by atoms with Gasteiger partial charge in [0.25, 0.3) is 0 Å². The standard InChI is InChI=1S/C36H48N4O6/c1-6-22-46-35(43)40-16-9-15-36(34(42)45-5,33-28(14-17-40)27-10-7-8-11-30(27)37-33)29-13-12-26(24-31(29)44-4)38-18-20-39(21-19-38)32(41)23-25(2)3/h7-8,10-13,24-25,37H,6,9,14-23H2,1-5H3. The number of rotatable bonds is 8. The average molecular weight is 633 g/mol. The number of para-hydroxylation sites is 1. The summed E-state index contributed by atoms with van der Waals surface area (Å²) in [5.74, 6) is 0.738. The molecule has 3 aromatic rings. The molecule has 3 heterocycles. The summed E-state index contributed by atoms with van der Waals surface area (Å²) in [4.78, 5) is 49.5. The summed E-state index contributed by atoms with van der Waals surface area (Å²) in [7, 11) is 3.05. The third kappa shape index (κ3) is 6.52. The number of hydrogen-bond acceptors (Lipinski definition) is 7. The van der Waals surface area contributed by atoms with Crippen LogP contribution in [0.15, 0.2) is 42.5 Å². The predicted octanol–water partition coefficient (Wildman–Crippen LogP) is 5.52. The number of piperazine rings is 1. The van der Waals surface area contributed by atoms with Crippen molar-refractivity contribution in [3.63, 3.8) is 0 Å². The minimum absolute atomic E-state index is 0.203. The van der Waals surface area contributed by atoms with Crippen LogP contribution in [0.25, 0.3) is 10.9 Å². The number of aromatic nitrogens is 1. The second kappa shape index (κ2) is 14.5. The molecule has 2 aliphatic heterocycles. The Morgan fingerprint density at radius 3 is 2.41 bits per heavy atom. The Morgan fingerprint density at radius 1 is 0.957 bits per heavy atom. The SMILES string of the molecule is CCCOC(=O)N1CCCC(C(=O)OC)(c2ccc(N3CCN(C(=O)CC(C)C)CC3)cc2OC)c2[nH]c3ccccc3c2CC1. The number of carbonyl (C=O) groups is 3. The van der Waals surface area contributed by atoms with E-state index >= 15 is 0 Å². The van der Waals surface area contributed by atoms with Crippen LogP contribution < -0.4 is 9.64 Å². The Morgan fingerprint density at radius 2 is 1.72 bits per heavy atom. The largest absolute Gasteiger partial charge is 0.496 e. The number of nitrogens with one attached hydrogen (secondary N) is 1. The van der Waals surface area contributed by atoms with Crippen LogP contribution >= 0.6 is 0 Å². The van der Waals surface area contributed by atoms with Gasteiger partial charge in [0.2, 0.25) is 5.91 Å². The van der Waals surface area contributed by atoms with Gasteiger partial charge in [0.1, 0.15) is 11.2 Å². The van der Waals surface area contributed by atoms with E-state index in [0.29, 0.717) is 88.8 Å². The van der Waals surface area contributed by atoms with Gasteiger partial charge in [0.05, 0.1) is 20.8 Å². The number of hydrogen-bond donors (Lipinski definition) is 1. The molecule has 10 heteroatoms. The fraction of sp³-hybridized carbons (Fsp3) is 0.528. The van der Waals surface area contributed by atoms with Crippen molar-refractivity contribution in [3.05, 3.63) is 59.3 Å². The van der Waals surface area contributed by atoms with Gasteiger partial charge in [-0.05, 0) is 49.3 Å². The van der Waals surface area contributed by atoms with Gasteiger partial charge in [-0.15, -0.1) is 0 Å². The molecular formula is C36H48N4O6. The van der Waals surface area contributed by atoms with Crippen LogP contribution in [0.3, 0.4) is 0 Å². The van der Waals surface area contributed by atoms with Gasteiger partial charge >= 0.3 is 12.1 Å². The topological polar surface area (TPSA) is 104 Å². The Bertz CT molecular complexity index is 1540. The third-order valence-corrected chi connectivity index (χ3v) is 9.30. The number of ether oxygens (including phenoxy) is 3. The van der Waals surface area contributed by atoms with Crippen LogP contribution in [0, 0.1) is 5.92 Å². The molecular weight excluding hydrogens is 584 g/mol. The average Bonchev–Trinajstić information content (AvgIpc) is 3.47. The summed E-state index contributed by atoms with van der Waals surface area (Å²) in [6.45, 7) is 10.1. The molecule has 1 saturated heterocycles. The van der Waals surface area contributed by atoms with E-state index in [1.807, 2.05) is 48.2 Å². The van der Waals surface area contributed by atoms with E-state index in [9.17, 15) is 14.4 Å². The molecule has 1 atom stereocenters. The van der Waals surface area contributed by atoms with Gasteiger partial charge in [-0.2, -0.15) is 0 Å². The molecule has 2 aliphatic rings. The smallest absolute Gasteiger partial charge is 0.409 e. The van der Waals surface area contributed by atoms with Gasteiger partial charge in [-0.3, -0.25) is 9.59 Å². The molecule has 248 valence electrons. The zero-order valence-electron chi connectivity index (χ0n) is 27.9. The van der Waals surface area contributed by atoms with E-state index in [2.05, 4.69) is 29.8 Å². The van der Waals surface area contributed by atoms with Crippen molar-refractivity contribution in [2.75, 3.05) is 65.0 Å². The highest BCUT2D eigenvalue weighted by Crippen LogP contribution is 2.47. The number of nitrogens with zero attached hydrogens (tertiary/aromatic N) is 3. The molecule has 46 heavy (non-hydrogen) atoms. The van der Waals surface area contributed by atoms with Crippen LogP contribution in [0.2, 0.25) is 0 Å². The van der Waals surface area contributed by atoms with E-state index in [-0.39, 0.29) is 18.0 Å². The van der Waals surface area contributed by atoms with Crippen molar-refractivity contribution in [3.8, 4) is 5.75 Å². The summed E-state index contributed by atoms with van der Waals surface area (Å²) < 4.78 is 17.2. The summed E-state index contributed by atoms with van der Waals surface area (Å²) >= 11 is 0. The molecule has 0 spiro atoms. The predicted molar refractivity (Wildman–Crippen MR) is 178 cm³/mol. The van der Waals surface area contributed by atoms with Gasteiger partial charge in [0, 0.05) is 79.6 Å². The highest BCUT2D eigenvalue weighted by molar-refractivity contribution is 5.94. The molecule has 0 aliphatic carbocycles. The first-order valence-electron chi connectivity index (χ1n) is 16.5. The number of H-pyrrole nitrogens is 1. The molecule has 2 aromatic carbocycles. The lowest BCUT2D eigenvalue weighted by Gasteiger charge is -2.37. The van der Waals surface area contributed by atoms with Gasteiger partial charge in [-0.1, -0.05) is 45.0 Å². The van der Waals surface area contributed by atoms with Crippen molar-refractivity contribution in [2.45, 2.75) is 58.3 Å². The van der Waals surface area contributed by atoms with Crippen molar-refractivity contribution in [2.24, 2.45) is 5.92 Å². The van der Waals surface area contributed by atoms with E-state index < -0.39 is 5.41 Å². The minimum atomic E-state index is -1.21. The molecule has 1 unspecified atom stereocenters. The summed E-state index contributed by atoms with van der Waals surface area (Å²) in [5.41, 5.74) is 3.14. The lowest BCUT2D eigenvalue weighted by molar-refractivity contribution is -0.146.